The number of carbonyl (C=O) groups excluding carboxylic acids is 1. The van der Waals surface area contributed by atoms with Gasteiger partial charge in [0.25, 0.3) is 0 Å². The van der Waals surface area contributed by atoms with Crippen molar-refractivity contribution in [2.75, 3.05) is 6.26 Å². The Morgan fingerprint density at radius 1 is 1.27 bits per heavy atom. The third-order valence-corrected chi connectivity index (χ3v) is 2.00. The SMILES string of the molecule is CS(=O)(=O)NC(=O)N[CH]c1ccccc1. The van der Waals surface area contributed by atoms with Crippen molar-refractivity contribution in [3.63, 3.8) is 0 Å². The quantitative estimate of drug-likeness (QED) is 0.787. The van der Waals surface area contributed by atoms with Gasteiger partial charge in [-0.15, -0.1) is 0 Å². The van der Waals surface area contributed by atoms with Crippen LogP contribution in [0, 0.1) is 6.54 Å². The van der Waals surface area contributed by atoms with Gasteiger partial charge in [-0.25, -0.2) is 17.9 Å². The lowest BCUT2D eigenvalue weighted by atomic mass is 10.2. The van der Waals surface area contributed by atoms with Crippen LogP contribution in [0.5, 0.6) is 0 Å². The highest BCUT2D eigenvalue weighted by Gasteiger charge is 2.06. The highest BCUT2D eigenvalue weighted by Crippen LogP contribution is 1.98. The maximum absolute atomic E-state index is 11.0. The van der Waals surface area contributed by atoms with Crippen LogP contribution in [0.3, 0.4) is 0 Å². The van der Waals surface area contributed by atoms with Crippen molar-refractivity contribution in [2.45, 2.75) is 0 Å². The van der Waals surface area contributed by atoms with Crippen molar-refractivity contribution in [1.29, 1.82) is 0 Å². The summed E-state index contributed by atoms with van der Waals surface area (Å²) in [5.41, 5.74) is 0.779. The van der Waals surface area contributed by atoms with Crippen LogP contribution < -0.4 is 10.0 Å². The van der Waals surface area contributed by atoms with Gasteiger partial charge in [0.05, 0.1) is 12.8 Å². The zero-order valence-corrected chi connectivity index (χ0v) is 8.91. The number of benzene rings is 1. The van der Waals surface area contributed by atoms with Gasteiger partial charge in [-0.05, 0) is 5.56 Å². The maximum Gasteiger partial charge on any atom is 0.328 e. The molecule has 0 fully saturated rings. The van der Waals surface area contributed by atoms with Gasteiger partial charge in [0.1, 0.15) is 0 Å². The summed E-state index contributed by atoms with van der Waals surface area (Å²) in [6.07, 6.45) is 0.912. The summed E-state index contributed by atoms with van der Waals surface area (Å²) in [5.74, 6) is 0. The Morgan fingerprint density at radius 3 is 2.40 bits per heavy atom. The predicted molar refractivity (Wildman–Crippen MR) is 56.4 cm³/mol. The number of hydrogen-bond donors (Lipinski definition) is 2. The summed E-state index contributed by atoms with van der Waals surface area (Å²) in [5, 5.41) is 2.30. The fourth-order valence-electron chi connectivity index (χ4n) is 0.896. The molecule has 1 aromatic rings. The minimum Gasteiger partial charge on any atom is -0.328 e. The van der Waals surface area contributed by atoms with Crippen molar-refractivity contribution in [2.24, 2.45) is 0 Å². The first-order valence-corrected chi connectivity index (χ1v) is 6.03. The number of urea groups is 1. The van der Waals surface area contributed by atoms with E-state index in [4.69, 9.17) is 0 Å². The molecule has 2 amide bonds. The van der Waals surface area contributed by atoms with Crippen LogP contribution in [0.25, 0.3) is 0 Å². The highest BCUT2D eigenvalue weighted by molar-refractivity contribution is 7.89. The van der Waals surface area contributed by atoms with Gasteiger partial charge in [-0.2, -0.15) is 0 Å². The van der Waals surface area contributed by atoms with Crippen molar-refractivity contribution in [3.05, 3.63) is 42.4 Å². The van der Waals surface area contributed by atoms with Gasteiger partial charge < -0.3 is 5.32 Å². The third-order valence-electron chi connectivity index (χ3n) is 1.45. The molecule has 0 atom stereocenters. The van der Waals surface area contributed by atoms with Gasteiger partial charge in [0.15, 0.2) is 0 Å². The first kappa shape index (κ1) is 11.5. The summed E-state index contributed by atoms with van der Waals surface area (Å²) in [6, 6.07) is 8.24. The van der Waals surface area contributed by atoms with E-state index in [1.807, 2.05) is 18.2 Å². The fraction of sp³-hybridized carbons (Fsp3) is 0.111. The molecule has 0 aliphatic carbocycles. The molecule has 0 bridgehead atoms. The highest BCUT2D eigenvalue weighted by atomic mass is 32.2. The Kier molecular flexibility index (Phi) is 3.68. The average Bonchev–Trinajstić information content (AvgIpc) is 2.14. The van der Waals surface area contributed by atoms with E-state index in [0.29, 0.717) is 0 Å². The minimum atomic E-state index is -3.51. The van der Waals surface area contributed by atoms with E-state index in [1.165, 1.54) is 6.54 Å². The number of rotatable bonds is 3. The van der Waals surface area contributed by atoms with Crippen LogP contribution in [-0.4, -0.2) is 20.7 Å². The van der Waals surface area contributed by atoms with Crippen molar-refractivity contribution >= 4 is 16.1 Å². The van der Waals surface area contributed by atoms with E-state index in [1.54, 1.807) is 16.9 Å². The monoisotopic (exact) mass is 227 g/mol. The molecule has 0 heterocycles. The van der Waals surface area contributed by atoms with E-state index in [2.05, 4.69) is 5.32 Å². The molecule has 0 aromatic heterocycles. The van der Waals surface area contributed by atoms with E-state index >= 15 is 0 Å². The first-order valence-electron chi connectivity index (χ1n) is 4.14. The number of nitrogens with one attached hydrogen (secondary N) is 2. The molecule has 81 valence electrons. The van der Waals surface area contributed by atoms with Crippen molar-refractivity contribution in [1.82, 2.24) is 10.0 Å². The molecule has 1 rings (SSSR count). The summed E-state index contributed by atoms with van der Waals surface area (Å²) in [6.45, 7) is 1.42. The molecule has 0 saturated carbocycles. The fourth-order valence-corrected chi connectivity index (χ4v) is 1.29. The molecular weight excluding hydrogens is 216 g/mol. The van der Waals surface area contributed by atoms with E-state index < -0.39 is 16.1 Å². The molecule has 15 heavy (non-hydrogen) atoms. The molecule has 6 heteroatoms. The number of carbonyl (C=O) groups is 1. The molecule has 0 aliphatic heterocycles. The van der Waals surface area contributed by atoms with E-state index in [9.17, 15) is 13.2 Å². The molecule has 1 radical (unpaired) electrons. The van der Waals surface area contributed by atoms with Crippen LogP contribution in [0.1, 0.15) is 5.56 Å². The largest absolute Gasteiger partial charge is 0.328 e. The second kappa shape index (κ2) is 4.79. The molecule has 0 aliphatic rings. The molecule has 1 aromatic carbocycles. The molecule has 0 spiro atoms. The van der Waals surface area contributed by atoms with Crippen LogP contribution in [0.2, 0.25) is 0 Å². The van der Waals surface area contributed by atoms with Crippen molar-refractivity contribution < 1.29 is 13.2 Å². The van der Waals surface area contributed by atoms with Crippen LogP contribution in [0.4, 0.5) is 4.79 Å². The Balaban J connectivity index is 2.42. The van der Waals surface area contributed by atoms with Crippen molar-refractivity contribution in [3.8, 4) is 0 Å². The summed E-state index contributed by atoms with van der Waals surface area (Å²) in [7, 11) is -3.51. The number of amides is 2. The van der Waals surface area contributed by atoms with Crippen LogP contribution in [-0.2, 0) is 10.0 Å². The Bertz CT molecular complexity index is 428. The second-order valence-corrected chi connectivity index (χ2v) is 4.65. The maximum atomic E-state index is 11.0. The third kappa shape index (κ3) is 5.02. The summed E-state index contributed by atoms with van der Waals surface area (Å²) < 4.78 is 23.1. The Labute approximate surface area is 88.5 Å². The predicted octanol–water partition coefficient (Wildman–Crippen LogP) is 0.455. The molecule has 0 unspecified atom stereocenters. The second-order valence-electron chi connectivity index (χ2n) is 2.90. The standard InChI is InChI=1S/C9H11N2O3S/c1-15(13,14)11-9(12)10-7-8-5-3-2-4-6-8/h2-7H,1H3,(H2,10,11,12). The van der Waals surface area contributed by atoms with Gasteiger partial charge in [-0.1, -0.05) is 30.3 Å². The van der Waals surface area contributed by atoms with E-state index in [-0.39, 0.29) is 0 Å². The van der Waals surface area contributed by atoms with E-state index in [0.717, 1.165) is 11.8 Å². The topological polar surface area (TPSA) is 75.3 Å². The number of hydrogen-bond acceptors (Lipinski definition) is 3. The summed E-state index contributed by atoms with van der Waals surface area (Å²) >= 11 is 0. The molecule has 2 N–H and O–H groups in total. The zero-order chi connectivity index (χ0) is 11.3. The van der Waals surface area contributed by atoms with Gasteiger partial charge in [0, 0.05) is 0 Å². The van der Waals surface area contributed by atoms with Gasteiger partial charge >= 0.3 is 6.03 Å². The summed E-state index contributed by atoms with van der Waals surface area (Å²) in [4.78, 5) is 11.0. The Hall–Kier alpha value is -1.56. The minimum absolute atomic E-state index is 0.777. The van der Waals surface area contributed by atoms with Crippen LogP contribution in [0.15, 0.2) is 30.3 Å². The average molecular weight is 227 g/mol. The normalized spacial score (nSPS) is 10.7. The smallest absolute Gasteiger partial charge is 0.328 e. The lowest BCUT2D eigenvalue weighted by molar-refractivity contribution is 0.248. The lowest BCUT2D eigenvalue weighted by Gasteiger charge is -2.04. The molecule has 5 nitrogen and oxygen atoms in total. The molecule has 0 saturated heterocycles. The lowest BCUT2D eigenvalue weighted by Crippen LogP contribution is -2.37. The number of sulfonamides is 1. The van der Waals surface area contributed by atoms with Gasteiger partial charge in [0.2, 0.25) is 10.0 Å². The first-order chi connectivity index (χ1) is 6.97. The van der Waals surface area contributed by atoms with Crippen LogP contribution >= 0.6 is 0 Å². The Morgan fingerprint density at radius 2 is 1.87 bits per heavy atom. The van der Waals surface area contributed by atoms with Gasteiger partial charge in [-0.3, -0.25) is 0 Å². The zero-order valence-electron chi connectivity index (χ0n) is 8.10. The molecular formula is C9H11N2O3S.